The number of anilines is 1. The van der Waals surface area contributed by atoms with E-state index >= 15 is 0 Å². The van der Waals surface area contributed by atoms with E-state index in [0.717, 1.165) is 25.2 Å². The maximum Gasteiger partial charge on any atom is 0.274 e. The van der Waals surface area contributed by atoms with E-state index in [1.165, 1.54) is 18.9 Å². The quantitative estimate of drug-likeness (QED) is 0.665. The molecule has 0 spiro atoms. The number of nitrogens with one attached hydrogen (secondary N) is 1. The van der Waals surface area contributed by atoms with Gasteiger partial charge < -0.3 is 5.32 Å². The molecule has 130 valence electrons. The zero-order chi connectivity index (χ0) is 17.8. The van der Waals surface area contributed by atoms with E-state index in [2.05, 4.69) is 10.2 Å². The normalized spacial score (nSPS) is 14.4. The highest BCUT2D eigenvalue weighted by Gasteiger charge is 2.15. The highest BCUT2D eigenvalue weighted by molar-refractivity contribution is 6.04. The van der Waals surface area contributed by atoms with E-state index in [9.17, 15) is 14.9 Å². The van der Waals surface area contributed by atoms with Gasteiger partial charge in [-0.15, -0.1) is 0 Å². The van der Waals surface area contributed by atoms with Gasteiger partial charge in [0.15, 0.2) is 0 Å². The predicted molar refractivity (Wildman–Crippen MR) is 96.7 cm³/mol. The van der Waals surface area contributed by atoms with Crippen LogP contribution in [0.5, 0.6) is 0 Å². The van der Waals surface area contributed by atoms with Gasteiger partial charge in [-0.25, -0.2) is 0 Å². The van der Waals surface area contributed by atoms with Crippen molar-refractivity contribution in [3.63, 3.8) is 0 Å². The van der Waals surface area contributed by atoms with Gasteiger partial charge in [-0.05, 0) is 56.6 Å². The monoisotopic (exact) mass is 339 g/mol. The van der Waals surface area contributed by atoms with Crippen LogP contribution in [0.3, 0.4) is 0 Å². The molecule has 1 amide bonds. The van der Waals surface area contributed by atoms with Gasteiger partial charge in [-0.3, -0.25) is 19.8 Å². The Morgan fingerprint density at radius 2 is 1.96 bits per heavy atom. The number of likely N-dealkylation sites (tertiary alicyclic amines) is 1. The van der Waals surface area contributed by atoms with Gasteiger partial charge >= 0.3 is 0 Å². The second-order valence-corrected chi connectivity index (χ2v) is 6.40. The molecule has 6 heteroatoms. The average Bonchev–Trinajstić information content (AvgIpc) is 3.09. The van der Waals surface area contributed by atoms with E-state index in [4.69, 9.17) is 0 Å². The predicted octanol–water partition coefficient (Wildman–Crippen LogP) is 3.75. The number of nitrogens with zero attached hydrogens (tertiary/aromatic N) is 2. The summed E-state index contributed by atoms with van der Waals surface area (Å²) < 4.78 is 0. The number of carbonyl (C=O) groups is 1. The van der Waals surface area contributed by atoms with E-state index < -0.39 is 4.92 Å². The van der Waals surface area contributed by atoms with E-state index in [0.29, 0.717) is 16.8 Å². The lowest BCUT2D eigenvalue weighted by atomic mass is 10.1. The van der Waals surface area contributed by atoms with Crippen LogP contribution < -0.4 is 5.32 Å². The lowest BCUT2D eigenvalue weighted by Gasteiger charge is -2.15. The number of amides is 1. The van der Waals surface area contributed by atoms with Gasteiger partial charge in [0.25, 0.3) is 11.6 Å². The second kappa shape index (κ2) is 7.44. The maximum atomic E-state index is 12.5. The van der Waals surface area contributed by atoms with Crippen LogP contribution in [0, 0.1) is 17.0 Å². The summed E-state index contributed by atoms with van der Waals surface area (Å²) in [4.78, 5) is 25.4. The molecule has 0 bridgehead atoms. The van der Waals surface area contributed by atoms with Crippen molar-refractivity contribution in [2.45, 2.75) is 26.3 Å². The fraction of sp³-hybridized carbons (Fsp3) is 0.316. The van der Waals surface area contributed by atoms with Crippen LogP contribution >= 0.6 is 0 Å². The summed E-state index contributed by atoms with van der Waals surface area (Å²) in [6.45, 7) is 4.72. The van der Waals surface area contributed by atoms with Crippen LogP contribution in [-0.4, -0.2) is 28.8 Å². The Hall–Kier alpha value is -2.73. The van der Waals surface area contributed by atoms with Gasteiger partial charge in [0.2, 0.25) is 0 Å². The highest BCUT2D eigenvalue weighted by Crippen LogP contribution is 2.23. The topological polar surface area (TPSA) is 75.5 Å². The van der Waals surface area contributed by atoms with Crippen molar-refractivity contribution >= 4 is 17.3 Å². The van der Waals surface area contributed by atoms with Gasteiger partial charge in [0, 0.05) is 29.4 Å². The molecular formula is C19H21N3O3. The Morgan fingerprint density at radius 1 is 1.20 bits per heavy atom. The number of aryl methyl sites for hydroxylation is 1. The molecule has 2 aromatic rings. The van der Waals surface area contributed by atoms with Crippen LogP contribution in [0.25, 0.3) is 0 Å². The van der Waals surface area contributed by atoms with E-state index in [1.54, 1.807) is 25.1 Å². The summed E-state index contributed by atoms with van der Waals surface area (Å²) in [7, 11) is 0. The van der Waals surface area contributed by atoms with Gasteiger partial charge in [-0.1, -0.05) is 18.2 Å². The third-order valence-corrected chi connectivity index (χ3v) is 4.46. The molecule has 3 rings (SSSR count). The van der Waals surface area contributed by atoms with Gasteiger partial charge in [0.1, 0.15) is 0 Å². The van der Waals surface area contributed by atoms with E-state index in [-0.39, 0.29) is 11.6 Å². The van der Waals surface area contributed by atoms with Crippen LogP contribution in [0.15, 0.2) is 42.5 Å². The molecule has 1 aliphatic rings. The van der Waals surface area contributed by atoms with Gasteiger partial charge in [-0.2, -0.15) is 0 Å². The van der Waals surface area contributed by atoms with Crippen molar-refractivity contribution in [2.24, 2.45) is 0 Å². The highest BCUT2D eigenvalue weighted by atomic mass is 16.6. The Balaban J connectivity index is 1.72. The first-order chi connectivity index (χ1) is 12.0. The summed E-state index contributed by atoms with van der Waals surface area (Å²) in [5.74, 6) is -0.263. The summed E-state index contributed by atoms with van der Waals surface area (Å²) in [5, 5.41) is 13.8. The SMILES string of the molecule is Cc1ccc(NC(=O)c2cccc(CN3CCCC3)c2)cc1[N+](=O)[O-]. The molecule has 0 atom stereocenters. The zero-order valence-corrected chi connectivity index (χ0v) is 14.2. The summed E-state index contributed by atoms with van der Waals surface area (Å²) in [6.07, 6.45) is 2.46. The molecule has 0 saturated carbocycles. The number of nitro benzene ring substituents is 1. The summed E-state index contributed by atoms with van der Waals surface area (Å²) in [6, 6.07) is 12.2. The number of carbonyl (C=O) groups excluding carboxylic acids is 1. The first-order valence-corrected chi connectivity index (χ1v) is 8.40. The van der Waals surface area contributed by atoms with Crippen molar-refractivity contribution < 1.29 is 9.72 Å². The molecule has 0 radical (unpaired) electrons. The Labute approximate surface area is 146 Å². The smallest absolute Gasteiger partial charge is 0.274 e. The number of benzene rings is 2. The average molecular weight is 339 g/mol. The molecule has 0 aliphatic carbocycles. The molecule has 1 saturated heterocycles. The number of hydrogen-bond donors (Lipinski definition) is 1. The summed E-state index contributed by atoms with van der Waals surface area (Å²) >= 11 is 0. The molecule has 1 fully saturated rings. The molecule has 25 heavy (non-hydrogen) atoms. The van der Waals surface area contributed by atoms with Crippen molar-refractivity contribution in [3.05, 3.63) is 69.3 Å². The third kappa shape index (κ3) is 4.22. The number of rotatable bonds is 5. The molecule has 0 unspecified atom stereocenters. The molecule has 2 aromatic carbocycles. The Kier molecular flexibility index (Phi) is 5.09. The lowest BCUT2D eigenvalue weighted by Crippen LogP contribution is -2.19. The first-order valence-electron chi connectivity index (χ1n) is 8.40. The Morgan fingerprint density at radius 3 is 2.68 bits per heavy atom. The van der Waals surface area contributed by atoms with Crippen LogP contribution in [0.2, 0.25) is 0 Å². The van der Waals surface area contributed by atoms with Gasteiger partial charge in [0.05, 0.1) is 4.92 Å². The minimum Gasteiger partial charge on any atom is -0.322 e. The minimum absolute atomic E-state index is 0.000541. The maximum absolute atomic E-state index is 12.5. The van der Waals surface area contributed by atoms with Crippen molar-refractivity contribution in [2.75, 3.05) is 18.4 Å². The molecule has 6 nitrogen and oxygen atoms in total. The van der Waals surface area contributed by atoms with Crippen LogP contribution in [-0.2, 0) is 6.54 Å². The molecule has 1 aliphatic heterocycles. The Bertz CT molecular complexity index is 798. The summed E-state index contributed by atoms with van der Waals surface area (Å²) in [5.41, 5.74) is 2.65. The molecule has 1 heterocycles. The third-order valence-electron chi connectivity index (χ3n) is 4.46. The number of nitro groups is 1. The lowest BCUT2D eigenvalue weighted by molar-refractivity contribution is -0.385. The molecular weight excluding hydrogens is 318 g/mol. The van der Waals surface area contributed by atoms with Crippen molar-refractivity contribution in [1.29, 1.82) is 0 Å². The zero-order valence-electron chi connectivity index (χ0n) is 14.2. The van der Waals surface area contributed by atoms with Crippen LogP contribution in [0.4, 0.5) is 11.4 Å². The first kappa shape index (κ1) is 17.1. The van der Waals surface area contributed by atoms with E-state index in [1.807, 2.05) is 18.2 Å². The largest absolute Gasteiger partial charge is 0.322 e. The second-order valence-electron chi connectivity index (χ2n) is 6.40. The standard InChI is InChI=1S/C19H21N3O3/c1-14-7-8-17(12-18(14)22(24)25)20-19(23)16-6-4-5-15(11-16)13-21-9-2-3-10-21/h4-8,11-12H,2-3,9-10,13H2,1H3,(H,20,23). The van der Waals surface area contributed by atoms with Crippen molar-refractivity contribution in [1.82, 2.24) is 4.90 Å². The molecule has 0 aromatic heterocycles. The minimum atomic E-state index is -0.443. The molecule has 1 N–H and O–H groups in total. The number of hydrogen-bond acceptors (Lipinski definition) is 4. The fourth-order valence-corrected chi connectivity index (χ4v) is 3.10. The van der Waals surface area contributed by atoms with Crippen molar-refractivity contribution in [3.8, 4) is 0 Å². The fourth-order valence-electron chi connectivity index (χ4n) is 3.10. The van der Waals surface area contributed by atoms with Crippen LogP contribution in [0.1, 0.15) is 34.3 Å².